The van der Waals surface area contributed by atoms with Crippen molar-refractivity contribution in [1.29, 1.82) is 0 Å². The second kappa shape index (κ2) is 8.79. The van der Waals surface area contributed by atoms with Crippen molar-refractivity contribution in [3.8, 4) is 5.75 Å². The van der Waals surface area contributed by atoms with Crippen LogP contribution >= 0.6 is 12.2 Å². The van der Waals surface area contributed by atoms with Crippen molar-refractivity contribution in [3.63, 3.8) is 0 Å². The van der Waals surface area contributed by atoms with Crippen LogP contribution in [0.15, 0.2) is 79.1 Å². The van der Waals surface area contributed by atoms with E-state index in [4.69, 9.17) is 17.0 Å². The molecule has 2 heterocycles. The minimum Gasteiger partial charge on any atom is -0.497 e. The summed E-state index contributed by atoms with van der Waals surface area (Å²) in [4.78, 5) is 12.5. The van der Waals surface area contributed by atoms with Crippen molar-refractivity contribution in [2.24, 2.45) is 0 Å². The van der Waals surface area contributed by atoms with Crippen molar-refractivity contribution in [3.05, 3.63) is 95.3 Å². The van der Waals surface area contributed by atoms with E-state index in [1.807, 2.05) is 88.5 Å². The smallest absolute Gasteiger partial charge is 0.246 e. The number of nitrogens with zero attached hydrogens (tertiary/aromatic N) is 4. The van der Waals surface area contributed by atoms with E-state index in [0.717, 1.165) is 22.8 Å². The molecule has 0 unspecified atom stereocenters. The monoisotopic (exact) mass is 419 g/mol. The topological polar surface area (TPSA) is 66.0 Å². The highest BCUT2D eigenvalue weighted by molar-refractivity contribution is 7.71. The van der Waals surface area contributed by atoms with Crippen molar-refractivity contribution in [2.75, 3.05) is 12.4 Å². The van der Waals surface area contributed by atoms with Crippen LogP contribution < -0.4 is 10.1 Å². The summed E-state index contributed by atoms with van der Waals surface area (Å²) in [6.45, 7) is 0.0254. The molecule has 0 saturated carbocycles. The zero-order valence-electron chi connectivity index (χ0n) is 16.4. The Hall–Kier alpha value is -3.65. The number of amides is 1. The van der Waals surface area contributed by atoms with Crippen LogP contribution in [-0.4, -0.2) is 32.1 Å². The fraction of sp³-hybridized carbons (Fsp3) is 0.136. The zero-order valence-corrected chi connectivity index (χ0v) is 17.2. The first-order valence-electron chi connectivity index (χ1n) is 9.44. The van der Waals surface area contributed by atoms with E-state index in [1.54, 1.807) is 11.8 Å². The normalized spacial score (nSPS) is 10.7. The van der Waals surface area contributed by atoms with Crippen molar-refractivity contribution in [1.82, 2.24) is 19.1 Å². The summed E-state index contributed by atoms with van der Waals surface area (Å²) in [6.07, 6.45) is 4.34. The Balaban J connectivity index is 1.62. The third kappa shape index (κ3) is 4.33. The number of aromatic nitrogens is 4. The summed E-state index contributed by atoms with van der Waals surface area (Å²) in [5.74, 6) is 1.34. The molecule has 8 heteroatoms. The molecule has 1 N–H and O–H groups in total. The molecule has 30 heavy (non-hydrogen) atoms. The predicted molar refractivity (Wildman–Crippen MR) is 117 cm³/mol. The molecule has 2 aromatic carbocycles. The van der Waals surface area contributed by atoms with Gasteiger partial charge in [-0.3, -0.25) is 9.47 Å². The average molecular weight is 420 g/mol. The van der Waals surface area contributed by atoms with Crippen LogP contribution in [0.2, 0.25) is 0 Å². The third-order valence-electron chi connectivity index (χ3n) is 4.57. The second-order valence-electron chi connectivity index (χ2n) is 6.67. The Kier molecular flexibility index (Phi) is 5.76. The molecule has 1 amide bonds. The van der Waals surface area contributed by atoms with E-state index < -0.39 is 0 Å². The van der Waals surface area contributed by atoms with Gasteiger partial charge < -0.3 is 10.1 Å². The highest BCUT2D eigenvalue weighted by atomic mass is 32.1. The Bertz CT molecular complexity index is 1180. The first-order valence-corrected chi connectivity index (χ1v) is 9.85. The standard InChI is InChI=1S/C22H21N5O2S/c1-29-19-11-9-17(10-12-19)15-20-24-26(22(30)27(20)25-13-5-6-14-25)16-21(28)23-18-7-3-2-4-8-18/h2-14H,15-16H2,1H3,(H,23,28). The summed E-state index contributed by atoms with van der Waals surface area (Å²) < 4.78 is 10.9. The van der Waals surface area contributed by atoms with Gasteiger partial charge in [0.25, 0.3) is 0 Å². The first-order chi connectivity index (χ1) is 14.6. The van der Waals surface area contributed by atoms with Gasteiger partial charge in [0, 0.05) is 24.5 Å². The third-order valence-corrected chi connectivity index (χ3v) is 4.96. The molecule has 0 aliphatic rings. The van der Waals surface area contributed by atoms with Crippen molar-refractivity contribution in [2.45, 2.75) is 13.0 Å². The SMILES string of the molecule is COc1ccc(Cc2nn(CC(=O)Nc3ccccc3)c(=S)n2-n2cccc2)cc1. The molecule has 0 spiro atoms. The molecule has 0 saturated heterocycles. The molecule has 4 aromatic rings. The van der Waals surface area contributed by atoms with E-state index in [9.17, 15) is 4.79 Å². The molecule has 0 atom stereocenters. The lowest BCUT2D eigenvalue weighted by Gasteiger charge is -2.08. The van der Waals surface area contributed by atoms with Crippen LogP contribution in [0.3, 0.4) is 0 Å². The van der Waals surface area contributed by atoms with Crippen LogP contribution in [0, 0.1) is 4.77 Å². The first kappa shape index (κ1) is 19.7. The van der Waals surface area contributed by atoms with Gasteiger partial charge in [0.1, 0.15) is 12.3 Å². The Morgan fingerprint density at radius 2 is 1.73 bits per heavy atom. The summed E-state index contributed by atoms with van der Waals surface area (Å²) in [5.41, 5.74) is 1.79. The average Bonchev–Trinajstić information content (AvgIpc) is 3.38. The fourth-order valence-electron chi connectivity index (χ4n) is 3.13. The fourth-order valence-corrected chi connectivity index (χ4v) is 3.44. The maximum absolute atomic E-state index is 12.5. The van der Waals surface area contributed by atoms with Gasteiger partial charge in [-0.15, -0.1) is 0 Å². The number of para-hydroxylation sites is 1. The quantitative estimate of drug-likeness (QED) is 0.463. The van der Waals surface area contributed by atoms with E-state index in [0.29, 0.717) is 11.2 Å². The molecule has 0 bridgehead atoms. The highest BCUT2D eigenvalue weighted by Gasteiger charge is 2.15. The van der Waals surface area contributed by atoms with Gasteiger partial charge in [0.15, 0.2) is 5.82 Å². The Morgan fingerprint density at radius 1 is 1.03 bits per heavy atom. The summed E-state index contributed by atoms with van der Waals surface area (Å²) >= 11 is 5.64. The number of methoxy groups -OCH3 is 1. The van der Waals surface area contributed by atoms with Gasteiger partial charge in [-0.25, -0.2) is 9.36 Å². The number of rotatable bonds is 7. The van der Waals surface area contributed by atoms with Crippen molar-refractivity contribution >= 4 is 23.8 Å². The largest absolute Gasteiger partial charge is 0.497 e. The van der Waals surface area contributed by atoms with E-state index >= 15 is 0 Å². The summed E-state index contributed by atoms with van der Waals surface area (Å²) in [7, 11) is 1.64. The molecule has 152 valence electrons. The number of anilines is 1. The lowest BCUT2D eigenvalue weighted by atomic mass is 10.1. The van der Waals surface area contributed by atoms with Gasteiger partial charge in [-0.05, 0) is 54.2 Å². The molecule has 0 fully saturated rings. The number of benzene rings is 2. The van der Waals surface area contributed by atoms with E-state index in [1.165, 1.54) is 0 Å². The molecule has 4 rings (SSSR count). The molecular weight excluding hydrogens is 398 g/mol. The Labute approximate surface area is 179 Å². The number of carbonyl (C=O) groups excluding carboxylic acids is 1. The van der Waals surface area contributed by atoms with Gasteiger partial charge >= 0.3 is 0 Å². The van der Waals surface area contributed by atoms with Gasteiger partial charge in [0.05, 0.1) is 7.11 Å². The minimum absolute atomic E-state index is 0.0254. The number of ether oxygens (including phenoxy) is 1. The summed E-state index contributed by atoms with van der Waals surface area (Å²) in [6, 6.07) is 20.9. The number of hydrogen-bond donors (Lipinski definition) is 1. The molecule has 7 nitrogen and oxygen atoms in total. The number of nitrogens with one attached hydrogen (secondary N) is 1. The van der Waals surface area contributed by atoms with Gasteiger partial charge in [-0.1, -0.05) is 30.3 Å². The number of carbonyl (C=O) groups is 1. The lowest BCUT2D eigenvalue weighted by Crippen LogP contribution is -2.20. The van der Waals surface area contributed by atoms with Gasteiger partial charge in [-0.2, -0.15) is 5.10 Å². The molecule has 2 aromatic heterocycles. The van der Waals surface area contributed by atoms with Gasteiger partial charge in [0.2, 0.25) is 10.7 Å². The molecule has 0 aliphatic carbocycles. The van der Waals surface area contributed by atoms with Crippen molar-refractivity contribution < 1.29 is 9.53 Å². The molecule has 0 radical (unpaired) electrons. The highest BCUT2D eigenvalue weighted by Crippen LogP contribution is 2.15. The summed E-state index contributed by atoms with van der Waals surface area (Å²) in [5, 5.41) is 7.52. The van der Waals surface area contributed by atoms with E-state index in [-0.39, 0.29) is 12.5 Å². The second-order valence-corrected chi connectivity index (χ2v) is 7.04. The van der Waals surface area contributed by atoms with Crippen LogP contribution in [0.4, 0.5) is 5.69 Å². The minimum atomic E-state index is -0.189. The Morgan fingerprint density at radius 3 is 2.40 bits per heavy atom. The van der Waals surface area contributed by atoms with Crippen LogP contribution in [0.25, 0.3) is 0 Å². The van der Waals surface area contributed by atoms with Crippen LogP contribution in [0.1, 0.15) is 11.4 Å². The maximum atomic E-state index is 12.5. The van der Waals surface area contributed by atoms with Crippen LogP contribution in [-0.2, 0) is 17.8 Å². The molecule has 0 aliphatic heterocycles. The zero-order chi connectivity index (χ0) is 20.9. The number of hydrogen-bond acceptors (Lipinski definition) is 4. The predicted octanol–water partition coefficient (Wildman–Crippen LogP) is 3.77. The molecular formula is C22H21N5O2S. The lowest BCUT2D eigenvalue weighted by molar-refractivity contribution is -0.116. The maximum Gasteiger partial charge on any atom is 0.246 e. The van der Waals surface area contributed by atoms with Crippen LogP contribution in [0.5, 0.6) is 5.75 Å². The van der Waals surface area contributed by atoms with E-state index in [2.05, 4.69) is 10.4 Å².